The Labute approximate surface area is 95.6 Å². The fourth-order valence-corrected chi connectivity index (χ4v) is 1.58. The van der Waals surface area contributed by atoms with E-state index in [-0.39, 0.29) is 11.7 Å². The molecule has 16 heavy (non-hydrogen) atoms. The summed E-state index contributed by atoms with van der Waals surface area (Å²) >= 11 is 0. The van der Waals surface area contributed by atoms with Gasteiger partial charge in [-0.1, -0.05) is 31.8 Å². The molecule has 0 radical (unpaired) electrons. The summed E-state index contributed by atoms with van der Waals surface area (Å²) in [5, 5.41) is 0. The van der Waals surface area contributed by atoms with Gasteiger partial charge in [0.2, 0.25) is 0 Å². The minimum absolute atomic E-state index is 0.161. The van der Waals surface area contributed by atoms with Crippen molar-refractivity contribution in [2.24, 2.45) is 5.92 Å². The molecule has 1 aliphatic heterocycles. The van der Waals surface area contributed by atoms with Crippen molar-refractivity contribution in [2.45, 2.75) is 19.8 Å². The van der Waals surface area contributed by atoms with Gasteiger partial charge in [-0.3, -0.25) is 0 Å². The van der Waals surface area contributed by atoms with Crippen molar-refractivity contribution < 1.29 is 9.13 Å². The van der Waals surface area contributed by atoms with E-state index in [0.29, 0.717) is 19.1 Å². The normalized spacial score (nSPS) is 15.5. The molecule has 1 aromatic carbocycles. The molecule has 1 nitrogen and oxygen atoms in total. The molecule has 0 atom stereocenters. The van der Waals surface area contributed by atoms with Crippen LogP contribution in [0.2, 0.25) is 0 Å². The zero-order valence-corrected chi connectivity index (χ0v) is 9.59. The van der Waals surface area contributed by atoms with E-state index in [1.807, 2.05) is 26.0 Å². The molecule has 1 aliphatic rings. The number of rotatable bonds is 1. The summed E-state index contributed by atoms with van der Waals surface area (Å²) in [5.41, 5.74) is 1.49. The maximum absolute atomic E-state index is 13.6. The molecule has 0 N–H and O–H groups in total. The maximum Gasteiger partial charge on any atom is 0.127 e. The van der Waals surface area contributed by atoms with Crippen LogP contribution in [-0.2, 0) is 4.74 Å². The highest BCUT2D eigenvalue weighted by atomic mass is 19.1. The van der Waals surface area contributed by atoms with Gasteiger partial charge in [0.25, 0.3) is 0 Å². The summed E-state index contributed by atoms with van der Waals surface area (Å²) in [6.45, 7) is 5.38. The van der Waals surface area contributed by atoms with Gasteiger partial charge in [0.05, 0.1) is 19.1 Å². The highest BCUT2D eigenvalue weighted by molar-refractivity contribution is 5.38. The van der Waals surface area contributed by atoms with E-state index in [4.69, 9.17) is 4.74 Å². The quantitative estimate of drug-likeness (QED) is 0.658. The van der Waals surface area contributed by atoms with Crippen LogP contribution in [0.25, 0.3) is 0 Å². The molecule has 0 saturated carbocycles. The Balaban J connectivity index is 2.16. The Kier molecular flexibility index (Phi) is 3.26. The molecule has 1 fully saturated rings. The van der Waals surface area contributed by atoms with Crippen LogP contribution in [0, 0.1) is 23.6 Å². The SMILES string of the molecule is CC(C)c1ccc(C#CC2COC2)cc1F. The average molecular weight is 218 g/mol. The number of hydrogen-bond acceptors (Lipinski definition) is 1. The fraction of sp³-hybridized carbons (Fsp3) is 0.429. The van der Waals surface area contributed by atoms with Gasteiger partial charge in [-0.15, -0.1) is 0 Å². The van der Waals surface area contributed by atoms with E-state index in [1.54, 1.807) is 0 Å². The third-order valence-corrected chi connectivity index (χ3v) is 2.68. The molecule has 1 saturated heterocycles. The first kappa shape index (κ1) is 11.2. The molecule has 0 spiro atoms. The van der Waals surface area contributed by atoms with E-state index in [1.165, 1.54) is 6.07 Å². The maximum atomic E-state index is 13.6. The summed E-state index contributed by atoms with van der Waals surface area (Å²) in [5.74, 6) is 6.43. The second kappa shape index (κ2) is 4.67. The van der Waals surface area contributed by atoms with Crippen molar-refractivity contribution in [3.8, 4) is 11.8 Å². The van der Waals surface area contributed by atoms with Gasteiger partial charge in [0.1, 0.15) is 5.82 Å². The summed E-state index contributed by atoms with van der Waals surface area (Å²) in [6, 6.07) is 5.22. The molecule has 2 heteroatoms. The van der Waals surface area contributed by atoms with Crippen molar-refractivity contribution in [1.82, 2.24) is 0 Å². The van der Waals surface area contributed by atoms with Crippen molar-refractivity contribution in [2.75, 3.05) is 13.2 Å². The number of benzene rings is 1. The molecule has 1 heterocycles. The molecule has 1 aromatic rings. The summed E-state index contributed by atoms with van der Waals surface area (Å²) < 4.78 is 18.6. The van der Waals surface area contributed by atoms with Gasteiger partial charge >= 0.3 is 0 Å². The van der Waals surface area contributed by atoms with Gasteiger partial charge < -0.3 is 4.74 Å². The molecule has 0 bridgehead atoms. The highest BCUT2D eigenvalue weighted by Gasteiger charge is 2.14. The molecule has 0 aliphatic carbocycles. The largest absolute Gasteiger partial charge is 0.379 e. The monoisotopic (exact) mass is 218 g/mol. The van der Waals surface area contributed by atoms with Crippen LogP contribution in [0.3, 0.4) is 0 Å². The summed E-state index contributed by atoms with van der Waals surface area (Å²) in [6.07, 6.45) is 0. The first-order chi connectivity index (χ1) is 7.66. The van der Waals surface area contributed by atoms with Crippen LogP contribution >= 0.6 is 0 Å². The summed E-state index contributed by atoms with van der Waals surface area (Å²) in [4.78, 5) is 0. The van der Waals surface area contributed by atoms with Gasteiger partial charge in [-0.25, -0.2) is 4.39 Å². The Bertz CT molecular complexity index is 436. The lowest BCUT2D eigenvalue weighted by Crippen LogP contribution is -2.25. The number of hydrogen-bond donors (Lipinski definition) is 0. The third-order valence-electron chi connectivity index (χ3n) is 2.68. The molecule has 0 unspecified atom stereocenters. The van der Waals surface area contributed by atoms with E-state index < -0.39 is 0 Å². The Morgan fingerprint density at radius 2 is 2.12 bits per heavy atom. The molecule has 0 amide bonds. The Morgan fingerprint density at radius 3 is 2.62 bits per heavy atom. The number of ether oxygens (including phenoxy) is 1. The van der Waals surface area contributed by atoms with Gasteiger partial charge in [-0.2, -0.15) is 0 Å². The molecular weight excluding hydrogens is 203 g/mol. The standard InChI is InChI=1S/C14H15FO/c1-10(2)13-6-5-11(7-14(13)15)3-4-12-8-16-9-12/h5-7,10,12H,8-9H2,1-2H3. The predicted octanol–water partition coefficient (Wildman–Crippen LogP) is 2.95. The minimum atomic E-state index is -0.161. The highest BCUT2D eigenvalue weighted by Crippen LogP contribution is 2.19. The van der Waals surface area contributed by atoms with Crippen LogP contribution in [0.5, 0.6) is 0 Å². The second-order valence-electron chi connectivity index (χ2n) is 4.39. The van der Waals surface area contributed by atoms with Crippen LogP contribution in [-0.4, -0.2) is 13.2 Å². The zero-order valence-electron chi connectivity index (χ0n) is 9.59. The Hall–Kier alpha value is -1.33. The van der Waals surface area contributed by atoms with E-state index in [9.17, 15) is 4.39 Å². The molecule has 2 rings (SSSR count). The lowest BCUT2D eigenvalue weighted by atomic mass is 10.0. The van der Waals surface area contributed by atoms with Gasteiger partial charge in [0.15, 0.2) is 0 Å². The minimum Gasteiger partial charge on any atom is -0.379 e. The second-order valence-corrected chi connectivity index (χ2v) is 4.39. The fourth-order valence-electron chi connectivity index (χ4n) is 1.58. The van der Waals surface area contributed by atoms with E-state index in [0.717, 1.165) is 11.1 Å². The van der Waals surface area contributed by atoms with Crippen LogP contribution in [0.1, 0.15) is 30.9 Å². The van der Waals surface area contributed by atoms with Crippen molar-refractivity contribution in [3.63, 3.8) is 0 Å². The van der Waals surface area contributed by atoms with E-state index in [2.05, 4.69) is 11.8 Å². The van der Waals surface area contributed by atoms with Crippen molar-refractivity contribution in [3.05, 3.63) is 35.1 Å². The van der Waals surface area contributed by atoms with Crippen LogP contribution < -0.4 is 0 Å². The van der Waals surface area contributed by atoms with E-state index >= 15 is 0 Å². The van der Waals surface area contributed by atoms with Crippen LogP contribution in [0.15, 0.2) is 18.2 Å². The first-order valence-electron chi connectivity index (χ1n) is 5.55. The van der Waals surface area contributed by atoms with Crippen molar-refractivity contribution >= 4 is 0 Å². The predicted molar refractivity (Wildman–Crippen MR) is 61.7 cm³/mol. The number of halogens is 1. The Morgan fingerprint density at radius 1 is 1.38 bits per heavy atom. The van der Waals surface area contributed by atoms with Gasteiger partial charge in [0, 0.05) is 5.56 Å². The van der Waals surface area contributed by atoms with Crippen LogP contribution in [0.4, 0.5) is 4.39 Å². The smallest absolute Gasteiger partial charge is 0.127 e. The lowest BCUT2D eigenvalue weighted by molar-refractivity contribution is -0.00300. The lowest BCUT2D eigenvalue weighted by Gasteiger charge is -2.19. The summed E-state index contributed by atoms with van der Waals surface area (Å²) in [7, 11) is 0. The average Bonchev–Trinajstić information content (AvgIpc) is 2.14. The molecule has 0 aromatic heterocycles. The first-order valence-corrected chi connectivity index (χ1v) is 5.55. The topological polar surface area (TPSA) is 9.23 Å². The molecular formula is C14H15FO. The zero-order chi connectivity index (χ0) is 11.5. The van der Waals surface area contributed by atoms with Gasteiger partial charge in [-0.05, 0) is 23.6 Å². The van der Waals surface area contributed by atoms with Crippen molar-refractivity contribution in [1.29, 1.82) is 0 Å². The molecule has 84 valence electrons. The third kappa shape index (κ3) is 2.43.